The lowest BCUT2D eigenvalue weighted by atomic mass is 10.1. The number of benzene rings is 2. The number of carbonyl (C=O) groups is 1. The first kappa shape index (κ1) is 20.1. The van der Waals surface area contributed by atoms with E-state index in [9.17, 15) is 18.0 Å². The van der Waals surface area contributed by atoms with Crippen molar-refractivity contribution in [2.24, 2.45) is 0 Å². The summed E-state index contributed by atoms with van der Waals surface area (Å²) in [4.78, 5) is 15.2. The van der Waals surface area contributed by atoms with Crippen molar-refractivity contribution < 1.29 is 18.0 Å². The van der Waals surface area contributed by atoms with Crippen LogP contribution in [0.3, 0.4) is 0 Å². The summed E-state index contributed by atoms with van der Waals surface area (Å²) in [5.41, 5.74) is 1.35. The Morgan fingerprint density at radius 3 is 2.46 bits per heavy atom. The van der Waals surface area contributed by atoms with E-state index in [1.54, 1.807) is 24.1 Å². The van der Waals surface area contributed by atoms with E-state index in [4.69, 9.17) is 0 Å². The van der Waals surface area contributed by atoms with Crippen molar-refractivity contribution in [1.29, 1.82) is 0 Å². The number of amides is 1. The molecular formula is C21H19F3N2OS. The van der Waals surface area contributed by atoms with Crippen molar-refractivity contribution in [3.8, 4) is 0 Å². The minimum Gasteiger partial charge on any atom is -0.343 e. The first-order valence-corrected chi connectivity index (χ1v) is 9.51. The Kier molecular flexibility index (Phi) is 6.49. The van der Waals surface area contributed by atoms with E-state index < -0.39 is 11.6 Å². The third-order valence-electron chi connectivity index (χ3n) is 4.19. The topological polar surface area (TPSA) is 32.3 Å². The monoisotopic (exact) mass is 404 g/mol. The summed E-state index contributed by atoms with van der Waals surface area (Å²) in [6, 6.07) is 13.1. The van der Waals surface area contributed by atoms with E-state index in [-0.39, 0.29) is 24.3 Å². The molecule has 1 N–H and O–H groups in total. The lowest BCUT2D eigenvalue weighted by Gasteiger charge is -2.21. The Morgan fingerprint density at radius 2 is 1.82 bits per heavy atom. The van der Waals surface area contributed by atoms with E-state index in [0.717, 1.165) is 22.6 Å². The fourth-order valence-electron chi connectivity index (χ4n) is 2.89. The molecule has 0 radical (unpaired) electrons. The van der Waals surface area contributed by atoms with Crippen molar-refractivity contribution >= 4 is 17.2 Å². The van der Waals surface area contributed by atoms with Crippen LogP contribution in [0.25, 0.3) is 0 Å². The Bertz CT molecular complexity index is 929. The highest BCUT2D eigenvalue weighted by Crippen LogP contribution is 2.26. The predicted octanol–water partition coefficient (Wildman–Crippen LogP) is 4.50. The summed E-state index contributed by atoms with van der Waals surface area (Å²) >= 11 is 1.50. The molecule has 0 aliphatic carbocycles. The van der Waals surface area contributed by atoms with Crippen LogP contribution in [-0.4, -0.2) is 24.4 Å². The van der Waals surface area contributed by atoms with Crippen LogP contribution < -0.4 is 5.32 Å². The maximum atomic E-state index is 13.3. The average Bonchev–Trinajstić information content (AvgIpc) is 3.18. The number of likely N-dealkylation sites (N-methyl/N-ethyl adjacent to an activating group) is 1. The van der Waals surface area contributed by atoms with E-state index in [1.807, 2.05) is 17.5 Å². The van der Waals surface area contributed by atoms with Gasteiger partial charge in [0.15, 0.2) is 11.6 Å². The van der Waals surface area contributed by atoms with Crippen molar-refractivity contribution in [2.75, 3.05) is 13.6 Å². The molecule has 0 spiro atoms. The van der Waals surface area contributed by atoms with Crippen LogP contribution in [0.5, 0.6) is 0 Å². The van der Waals surface area contributed by atoms with Gasteiger partial charge in [-0.05, 0) is 53.9 Å². The molecule has 1 aromatic heterocycles. The van der Waals surface area contributed by atoms with Crippen molar-refractivity contribution in [3.63, 3.8) is 0 Å². The highest BCUT2D eigenvalue weighted by molar-refractivity contribution is 7.10. The molecule has 0 saturated heterocycles. The Balaban J connectivity index is 1.66. The largest absolute Gasteiger partial charge is 0.343 e. The van der Waals surface area contributed by atoms with Gasteiger partial charge in [0.2, 0.25) is 5.91 Å². The van der Waals surface area contributed by atoms with E-state index in [2.05, 4.69) is 5.32 Å². The maximum Gasteiger partial charge on any atom is 0.234 e. The first-order chi connectivity index (χ1) is 13.4. The Morgan fingerprint density at radius 1 is 1.07 bits per heavy atom. The molecule has 1 unspecified atom stereocenters. The van der Waals surface area contributed by atoms with Crippen LogP contribution >= 0.6 is 11.3 Å². The molecule has 3 aromatic rings. The zero-order valence-corrected chi connectivity index (χ0v) is 16.0. The minimum absolute atomic E-state index is 0.0715. The summed E-state index contributed by atoms with van der Waals surface area (Å²) in [6.07, 6.45) is 0. The summed E-state index contributed by atoms with van der Waals surface area (Å²) in [5, 5.41) is 4.88. The van der Waals surface area contributed by atoms with Crippen molar-refractivity contribution in [2.45, 2.75) is 12.6 Å². The Labute approximate surface area is 165 Å². The third-order valence-corrected chi connectivity index (χ3v) is 5.12. The van der Waals surface area contributed by atoms with Crippen LogP contribution in [-0.2, 0) is 11.3 Å². The molecule has 0 aliphatic heterocycles. The van der Waals surface area contributed by atoms with Crippen LogP contribution in [0, 0.1) is 17.5 Å². The highest BCUT2D eigenvalue weighted by Gasteiger charge is 2.19. The predicted molar refractivity (Wildman–Crippen MR) is 103 cm³/mol. The lowest BCUT2D eigenvalue weighted by Crippen LogP contribution is -2.37. The molecule has 3 rings (SSSR count). The highest BCUT2D eigenvalue weighted by atomic mass is 32.1. The fourth-order valence-corrected chi connectivity index (χ4v) is 3.69. The van der Waals surface area contributed by atoms with Gasteiger partial charge in [-0.15, -0.1) is 11.3 Å². The number of nitrogens with one attached hydrogen (secondary N) is 1. The van der Waals surface area contributed by atoms with Crippen LogP contribution in [0.4, 0.5) is 13.2 Å². The quantitative estimate of drug-likeness (QED) is 0.629. The summed E-state index contributed by atoms with van der Waals surface area (Å²) < 4.78 is 39.6. The molecule has 0 fully saturated rings. The van der Waals surface area contributed by atoms with Gasteiger partial charge < -0.3 is 5.32 Å². The second kappa shape index (κ2) is 9.03. The van der Waals surface area contributed by atoms with Crippen molar-refractivity contribution in [1.82, 2.24) is 10.2 Å². The zero-order chi connectivity index (χ0) is 20.1. The molecule has 1 heterocycles. The normalized spacial score (nSPS) is 12.2. The molecule has 3 nitrogen and oxygen atoms in total. The molecular weight excluding hydrogens is 385 g/mol. The number of thiophene rings is 1. The number of hydrogen-bond donors (Lipinski definition) is 1. The van der Waals surface area contributed by atoms with Gasteiger partial charge in [0.05, 0.1) is 12.6 Å². The van der Waals surface area contributed by atoms with Crippen molar-refractivity contribution in [3.05, 3.63) is 93.4 Å². The molecule has 2 aromatic carbocycles. The Hall–Kier alpha value is -2.64. The number of carbonyl (C=O) groups excluding carboxylic acids is 1. The number of rotatable bonds is 7. The van der Waals surface area contributed by atoms with Gasteiger partial charge in [-0.1, -0.05) is 24.3 Å². The SMILES string of the molecule is CN(CC(=O)NC(c1ccc(F)cc1)c1cccs1)Cc1ccc(F)c(F)c1. The molecule has 0 saturated carbocycles. The molecule has 7 heteroatoms. The molecule has 0 bridgehead atoms. The first-order valence-electron chi connectivity index (χ1n) is 8.63. The van der Waals surface area contributed by atoms with Gasteiger partial charge in [-0.25, -0.2) is 13.2 Å². The van der Waals surface area contributed by atoms with Gasteiger partial charge in [-0.3, -0.25) is 9.69 Å². The fraction of sp³-hybridized carbons (Fsp3) is 0.190. The van der Waals surface area contributed by atoms with Gasteiger partial charge in [0, 0.05) is 11.4 Å². The standard InChI is InChI=1S/C21H19F3N2OS/c1-26(12-14-4-9-17(23)18(24)11-14)13-20(27)25-21(19-3-2-10-28-19)15-5-7-16(22)8-6-15/h2-11,21H,12-13H2,1H3,(H,25,27). The van der Waals surface area contributed by atoms with Gasteiger partial charge in [-0.2, -0.15) is 0 Å². The molecule has 28 heavy (non-hydrogen) atoms. The van der Waals surface area contributed by atoms with Crippen LogP contribution in [0.15, 0.2) is 60.0 Å². The molecule has 1 atom stereocenters. The third kappa shape index (κ3) is 5.21. The number of nitrogens with zero attached hydrogens (tertiary/aromatic N) is 1. The minimum atomic E-state index is -0.913. The van der Waals surface area contributed by atoms with E-state index >= 15 is 0 Å². The van der Waals surface area contributed by atoms with Crippen LogP contribution in [0.1, 0.15) is 22.0 Å². The summed E-state index contributed by atoms with van der Waals surface area (Å²) in [7, 11) is 1.72. The molecule has 146 valence electrons. The molecule has 1 amide bonds. The lowest BCUT2D eigenvalue weighted by molar-refractivity contribution is -0.122. The van der Waals surface area contributed by atoms with Gasteiger partial charge in [0.25, 0.3) is 0 Å². The number of hydrogen-bond acceptors (Lipinski definition) is 3. The van der Waals surface area contributed by atoms with E-state index in [1.165, 1.54) is 29.5 Å². The van der Waals surface area contributed by atoms with Gasteiger partial charge >= 0.3 is 0 Å². The van der Waals surface area contributed by atoms with Crippen LogP contribution in [0.2, 0.25) is 0 Å². The molecule has 0 aliphatic rings. The second-order valence-electron chi connectivity index (χ2n) is 6.49. The zero-order valence-electron chi connectivity index (χ0n) is 15.2. The van der Waals surface area contributed by atoms with Gasteiger partial charge in [0.1, 0.15) is 5.82 Å². The summed E-state index contributed by atoms with van der Waals surface area (Å²) in [6.45, 7) is 0.368. The second-order valence-corrected chi connectivity index (χ2v) is 7.47. The average molecular weight is 404 g/mol. The summed E-state index contributed by atoms with van der Waals surface area (Å²) in [5.74, 6) is -2.38. The maximum absolute atomic E-state index is 13.3. The smallest absolute Gasteiger partial charge is 0.234 e. The van der Waals surface area contributed by atoms with E-state index in [0.29, 0.717) is 12.1 Å². The number of halogens is 3.